The molecule has 1 amide bonds. The lowest BCUT2D eigenvalue weighted by Gasteiger charge is -2.10. The number of rotatable bonds is 13. The molecule has 0 aliphatic carbocycles. The molecule has 0 fully saturated rings. The van der Waals surface area contributed by atoms with Crippen LogP contribution in [0.2, 0.25) is 0 Å². The fourth-order valence-electron chi connectivity index (χ4n) is 3.95. The molecule has 3 rings (SSSR count). The molecule has 0 radical (unpaired) electrons. The molecule has 0 saturated carbocycles. The molecule has 2 aromatic carbocycles. The molecule has 0 saturated heterocycles. The van der Waals surface area contributed by atoms with Gasteiger partial charge in [0.05, 0.1) is 17.6 Å². The quantitative estimate of drug-likeness (QED) is 0.313. The Hall–Kier alpha value is -2.69. The second kappa shape index (κ2) is 12.2. The van der Waals surface area contributed by atoms with Crippen molar-refractivity contribution >= 4 is 16.9 Å². The maximum atomic E-state index is 13.1. The van der Waals surface area contributed by atoms with Gasteiger partial charge in [0.15, 0.2) is 0 Å². The van der Waals surface area contributed by atoms with Gasteiger partial charge in [-0.05, 0) is 42.8 Å². The number of halogens is 1. The van der Waals surface area contributed by atoms with Crippen molar-refractivity contribution < 1.29 is 9.18 Å². The van der Waals surface area contributed by atoms with Crippen molar-refractivity contribution in [3.8, 4) is 0 Å². The predicted molar refractivity (Wildman–Crippen MR) is 125 cm³/mol. The number of amides is 1. The van der Waals surface area contributed by atoms with E-state index in [9.17, 15) is 9.18 Å². The van der Waals surface area contributed by atoms with Crippen molar-refractivity contribution in [2.75, 3.05) is 0 Å². The Morgan fingerprint density at radius 1 is 0.903 bits per heavy atom. The van der Waals surface area contributed by atoms with E-state index in [4.69, 9.17) is 4.98 Å². The second-order valence-corrected chi connectivity index (χ2v) is 8.19. The van der Waals surface area contributed by atoms with Gasteiger partial charge >= 0.3 is 0 Å². The van der Waals surface area contributed by atoms with Crippen molar-refractivity contribution in [3.05, 3.63) is 65.7 Å². The zero-order valence-electron chi connectivity index (χ0n) is 18.6. The largest absolute Gasteiger partial charge is 0.345 e. The van der Waals surface area contributed by atoms with Crippen LogP contribution in [0.5, 0.6) is 0 Å². The SMILES string of the molecule is CCCCCCCCCCCn1c(CNC(=O)c2ccc(F)cc2)nc2ccccc21. The molecule has 1 aromatic heterocycles. The third kappa shape index (κ3) is 6.91. The summed E-state index contributed by atoms with van der Waals surface area (Å²) in [6.45, 7) is 3.50. The maximum Gasteiger partial charge on any atom is 0.251 e. The number of nitrogens with zero attached hydrogens (tertiary/aromatic N) is 2. The van der Waals surface area contributed by atoms with Gasteiger partial charge in [-0.25, -0.2) is 9.37 Å². The number of hydrogen-bond acceptors (Lipinski definition) is 2. The normalized spacial score (nSPS) is 11.2. The van der Waals surface area contributed by atoms with Gasteiger partial charge in [0.1, 0.15) is 11.6 Å². The summed E-state index contributed by atoms with van der Waals surface area (Å²) >= 11 is 0. The summed E-state index contributed by atoms with van der Waals surface area (Å²) in [6.07, 6.45) is 11.6. The van der Waals surface area contributed by atoms with Gasteiger partial charge in [-0.2, -0.15) is 0 Å². The van der Waals surface area contributed by atoms with E-state index in [2.05, 4.69) is 22.9 Å². The molecule has 166 valence electrons. The standard InChI is InChI=1S/C26H34FN3O/c1-2-3-4-5-6-7-8-9-12-19-30-24-14-11-10-13-23(24)29-25(30)20-28-26(31)21-15-17-22(27)18-16-21/h10-11,13-18H,2-9,12,19-20H2,1H3,(H,28,31). The minimum atomic E-state index is -0.348. The van der Waals surface area contributed by atoms with Crippen LogP contribution in [0.15, 0.2) is 48.5 Å². The van der Waals surface area contributed by atoms with Gasteiger partial charge in [0.25, 0.3) is 5.91 Å². The smallest absolute Gasteiger partial charge is 0.251 e. The molecule has 0 atom stereocenters. The van der Waals surface area contributed by atoms with Crippen molar-refractivity contribution in [1.82, 2.24) is 14.9 Å². The lowest BCUT2D eigenvalue weighted by atomic mass is 10.1. The molecule has 1 N–H and O–H groups in total. The van der Waals surface area contributed by atoms with Gasteiger partial charge in [-0.15, -0.1) is 0 Å². The van der Waals surface area contributed by atoms with Crippen molar-refractivity contribution in [1.29, 1.82) is 0 Å². The van der Waals surface area contributed by atoms with E-state index in [-0.39, 0.29) is 11.7 Å². The van der Waals surface area contributed by atoms with Gasteiger partial charge in [0.2, 0.25) is 0 Å². The van der Waals surface area contributed by atoms with E-state index in [1.807, 2.05) is 18.2 Å². The predicted octanol–water partition coefficient (Wildman–Crippen LogP) is 6.64. The molecule has 0 bridgehead atoms. The number of hydrogen-bond donors (Lipinski definition) is 1. The van der Waals surface area contributed by atoms with Gasteiger partial charge in [-0.3, -0.25) is 4.79 Å². The Bertz CT molecular complexity index is 949. The van der Waals surface area contributed by atoms with Gasteiger partial charge in [-0.1, -0.05) is 70.4 Å². The number of aryl methyl sites for hydroxylation is 1. The maximum absolute atomic E-state index is 13.1. The molecule has 1 heterocycles. The first-order chi connectivity index (χ1) is 15.2. The minimum absolute atomic E-state index is 0.221. The Labute approximate surface area is 184 Å². The number of carbonyl (C=O) groups is 1. The first-order valence-electron chi connectivity index (χ1n) is 11.7. The number of fused-ring (bicyclic) bond motifs is 1. The van der Waals surface area contributed by atoms with Crippen molar-refractivity contribution in [3.63, 3.8) is 0 Å². The Balaban J connectivity index is 1.53. The fraction of sp³-hybridized carbons (Fsp3) is 0.462. The highest BCUT2D eigenvalue weighted by Crippen LogP contribution is 2.18. The highest BCUT2D eigenvalue weighted by atomic mass is 19.1. The number of aromatic nitrogens is 2. The number of unbranched alkanes of at least 4 members (excludes halogenated alkanes) is 8. The number of imidazole rings is 1. The fourth-order valence-corrected chi connectivity index (χ4v) is 3.95. The van der Waals surface area contributed by atoms with Crippen molar-refractivity contribution in [2.45, 2.75) is 77.8 Å². The van der Waals surface area contributed by atoms with E-state index in [0.29, 0.717) is 12.1 Å². The summed E-state index contributed by atoms with van der Waals surface area (Å²) in [4.78, 5) is 17.1. The molecule has 3 aromatic rings. The first kappa shape index (κ1) is 23.0. The van der Waals surface area contributed by atoms with Crippen LogP contribution in [0, 0.1) is 5.82 Å². The number of para-hydroxylation sites is 2. The molecular weight excluding hydrogens is 389 g/mol. The summed E-state index contributed by atoms with van der Waals surface area (Å²) in [5.41, 5.74) is 2.50. The number of nitrogens with one attached hydrogen (secondary N) is 1. The Morgan fingerprint density at radius 3 is 2.26 bits per heavy atom. The number of benzene rings is 2. The molecule has 0 aliphatic rings. The molecule has 5 heteroatoms. The Morgan fingerprint density at radius 2 is 1.55 bits per heavy atom. The summed E-state index contributed by atoms with van der Waals surface area (Å²) in [7, 11) is 0. The topological polar surface area (TPSA) is 46.9 Å². The van der Waals surface area contributed by atoms with E-state index in [1.165, 1.54) is 75.6 Å². The van der Waals surface area contributed by atoms with E-state index in [0.717, 1.165) is 29.8 Å². The van der Waals surface area contributed by atoms with Gasteiger partial charge in [0, 0.05) is 12.1 Å². The van der Waals surface area contributed by atoms with Crippen LogP contribution in [-0.4, -0.2) is 15.5 Å². The van der Waals surface area contributed by atoms with E-state index >= 15 is 0 Å². The summed E-state index contributed by atoms with van der Waals surface area (Å²) < 4.78 is 15.3. The minimum Gasteiger partial charge on any atom is -0.345 e. The highest BCUT2D eigenvalue weighted by molar-refractivity contribution is 5.94. The van der Waals surface area contributed by atoms with Crippen LogP contribution in [0.3, 0.4) is 0 Å². The average Bonchev–Trinajstić information content (AvgIpc) is 3.14. The van der Waals surface area contributed by atoms with Crippen molar-refractivity contribution in [2.24, 2.45) is 0 Å². The monoisotopic (exact) mass is 423 g/mol. The number of carbonyl (C=O) groups excluding carboxylic acids is 1. The lowest BCUT2D eigenvalue weighted by Crippen LogP contribution is -2.24. The van der Waals surface area contributed by atoms with Crippen LogP contribution < -0.4 is 5.32 Å². The second-order valence-electron chi connectivity index (χ2n) is 8.19. The zero-order valence-corrected chi connectivity index (χ0v) is 18.6. The highest BCUT2D eigenvalue weighted by Gasteiger charge is 2.12. The molecule has 0 aliphatic heterocycles. The lowest BCUT2D eigenvalue weighted by molar-refractivity contribution is 0.0949. The third-order valence-electron chi connectivity index (χ3n) is 5.73. The summed E-state index contributed by atoms with van der Waals surface area (Å²) in [5.74, 6) is 0.289. The van der Waals surface area contributed by atoms with Crippen LogP contribution in [0.4, 0.5) is 4.39 Å². The van der Waals surface area contributed by atoms with Gasteiger partial charge < -0.3 is 9.88 Å². The van der Waals surface area contributed by atoms with E-state index in [1.54, 1.807) is 0 Å². The summed E-state index contributed by atoms with van der Waals surface area (Å²) in [6, 6.07) is 13.7. The first-order valence-corrected chi connectivity index (χ1v) is 11.7. The zero-order chi connectivity index (χ0) is 21.9. The van der Waals surface area contributed by atoms with Crippen LogP contribution in [0.25, 0.3) is 11.0 Å². The molecular formula is C26H34FN3O. The van der Waals surface area contributed by atoms with E-state index < -0.39 is 0 Å². The van der Waals surface area contributed by atoms with Crippen LogP contribution in [-0.2, 0) is 13.1 Å². The molecule has 0 unspecified atom stereocenters. The molecule has 31 heavy (non-hydrogen) atoms. The third-order valence-corrected chi connectivity index (χ3v) is 5.73. The average molecular weight is 424 g/mol. The Kier molecular flexibility index (Phi) is 9.07. The molecule has 0 spiro atoms. The van der Waals surface area contributed by atoms with Crippen LogP contribution in [0.1, 0.15) is 80.9 Å². The summed E-state index contributed by atoms with van der Waals surface area (Å²) in [5, 5.41) is 2.93. The van der Waals surface area contributed by atoms with Crippen LogP contribution >= 0.6 is 0 Å². The molecule has 4 nitrogen and oxygen atoms in total.